The third-order valence-corrected chi connectivity index (χ3v) is 2.61. The van der Waals surface area contributed by atoms with Gasteiger partial charge in [-0.2, -0.15) is 0 Å². The SMILES string of the molecule is BC[C@](C)(CCC)CC(C)C. The maximum atomic E-state index is 2.43. The number of hydrogen-bond acceptors (Lipinski definition) is 0. The van der Waals surface area contributed by atoms with Gasteiger partial charge in [-0.3, -0.25) is 0 Å². The van der Waals surface area contributed by atoms with Crippen LogP contribution in [0, 0.1) is 11.3 Å². The molecule has 0 bridgehead atoms. The zero-order valence-corrected chi connectivity index (χ0v) is 8.91. The smallest absolute Gasteiger partial charge is 0.0758 e. The average Bonchev–Trinajstić information content (AvgIpc) is 1.87. The lowest BCUT2D eigenvalue weighted by Gasteiger charge is -2.29. The van der Waals surface area contributed by atoms with Crippen LogP contribution in [0.2, 0.25) is 6.32 Å². The first-order valence-electron chi connectivity index (χ1n) is 5.04. The molecule has 0 radical (unpaired) electrons. The van der Waals surface area contributed by atoms with Crippen molar-refractivity contribution in [1.29, 1.82) is 0 Å². The second-order valence-corrected chi connectivity index (χ2v) is 4.51. The number of hydrogen-bond donors (Lipinski definition) is 0. The minimum atomic E-state index is 0.614. The van der Waals surface area contributed by atoms with Crippen molar-refractivity contribution in [2.24, 2.45) is 11.3 Å². The average molecular weight is 154 g/mol. The van der Waals surface area contributed by atoms with Crippen molar-refractivity contribution in [3.63, 3.8) is 0 Å². The van der Waals surface area contributed by atoms with Crippen molar-refractivity contribution in [1.82, 2.24) is 0 Å². The molecule has 0 aliphatic rings. The van der Waals surface area contributed by atoms with Gasteiger partial charge in [0.15, 0.2) is 0 Å². The standard InChI is InChI=1S/C10H23B/c1-5-6-10(4,8-11)7-9(2)3/h9H,5-8,11H2,1-4H3/t10-/m1/s1. The van der Waals surface area contributed by atoms with Crippen LogP contribution in [-0.2, 0) is 0 Å². The first-order chi connectivity index (χ1) is 5.04. The van der Waals surface area contributed by atoms with Crippen LogP contribution in [0.1, 0.15) is 47.0 Å². The molecule has 66 valence electrons. The third kappa shape index (κ3) is 4.50. The molecule has 0 rings (SSSR count). The topological polar surface area (TPSA) is 0 Å². The van der Waals surface area contributed by atoms with Crippen molar-refractivity contribution in [3.8, 4) is 0 Å². The fourth-order valence-electron chi connectivity index (χ4n) is 2.01. The summed E-state index contributed by atoms with van der Waals surface area (Å²) < 4.78 is 0. The summed E-state index contributed by atoms with van der Waals surface area (Å²) >= 11 is 0. The molecule has 0 aliphatic heterocycles. The van der Waals surface area contributed by atoms with E-state index in [0.717, 1.165) is 5.92 Å². The summed E-state index contributed by atoms with van der Waals surface area (Å²) in [5.41, 5.74) is 0.614. The van der Waals surface area contributed by atoms with E-state index in [9.17, 15) is 0 Å². The van der Waals surface area contributed by atoms with Crippen molar-refractivity contribution in [2.75, 3.05) is 0 Å². The van der Waals surface area contributed by atoms with E-state index in [-0.39, 0.29) is 0 Å². The second kappa shape index (κ2) is 4.85. The molecule has 0 aromatic carbocycles. The summed E-state index contributed by atoms with van der Waals surface area (Å²) in [6, 6.07) is 0. The van der Waals surface area contributed by atoms with Gasteiger partial charge in [0.1, 0.15) is 7.85 Å². The van der Waals surface area contributed by atoms with Gasteiger partial charge in [-0.1, -0.05) is 40.4 Å². The maximum Gasteiger partial charge on any atom is 0.102 e. The highest BCUT2D eigenvalue weighted by Crippen LogP contribution is 2.33. The highest BCUT2D eigenvalue weighted by molar-refractivity contribution is 6.08. The Kier molecular flexibility index (Phi) is 4.87. The largest absolute Gasteiger partial charge is 0.102 e. The monoisotopic (exact) mass is 154 g/mol. The lowest BCUT2D eigenvalue weighted by Crippen LogP contribution is -2.17. The molecule has 0 N–H and O–H groups in total. The van der Waals surface area contributed by atoms with Crippen LogP contribution in [0.3, 0.4) is 0 Å². The van der Waals surface area contributed by atoms with E-state index in [2.05, 4.69) is 35.5 Å². The maximum absolute atomic E-state index is 2.43. The molecule has 1 atom stereocenters. The molecule has 0 aromatic rings. The van der Waals surface area contributed by atoms with E-state index in [1.807, 2.05) is 0 Å². The molecule has 1 heteroatoms. The fourth-order valence-corrected chi connectivity index (χ4v) is 2.01. The molecular weight excluding hydrogens is 131 g/mol. The molecule has 0 saturated carbocycles. The summed E-state index contributed by atoms with van der Waals surface area (Å²) in [4.78, 5) is 0. The molecule has 11 heavy (non-hydrogen) atoms. The minimum Gasteiger partial charge on any atom is -0.0758 e. The van der Waals surface area contributed by atoms with Gasteiger partial charge < -0.3 is 0 Å². The molecule has 0 amide bonds. The minimum absolute atomic E-state index is 0.614. The van der Waals surface area contributed by atoms with Crippen LogP contribution in [0.15, 0.2) is 0 Å². The van der Waals surface area contributed by atoms with Crippen LogP contribution < -0.4 is 0 Å². The van der Waals surface area contributed by atoms with E-state index in [0.29, 0.717) is 5.41 Å². The predicted molar refractivity (Wildman–Crippen MR) is 55.8 cm³/mol. The van der Waals surface area contributed by atoms with Gasteiger partial charge in [0, 0.05) is 0 Å². The molecule has 0 spiro atoms. The van der Waals surface area contributed by atoms with Crippen LogP contribution in [-0.4, -0.2) is 7.85 Å². The predicted octanol–water partition coefficient (Wildman–Crippen LogP) is 2.89. The van der Waals surface area contributed by atoms with Crippen molar-refractivity contribution < 1.29 is 0 Å². The first-order valence-corrected chi connectivity index (χ1v) is 5.04. The molecule has 0 heterocycles. The van der Waals surface area contributed by atoms with E-state index in [4.69, 9.17) is 0 Å². The van der Waals surface area contributed by atoms with Gasteiger partial charge in [-0.15, -0.1) is 0 Å². The van der Waals surface area contributed by atoms with Crippen LogP contribution in [0.25, 0.3) is 0 Å². The Morgan fingerprint density at radius 1 is 1.36 bits per heavy atom. The third-order valence-electron chi connectivity index (χ3n) is 2.61. The van der Waals surface area contributed by atoms with Gasteiger partial charge in [0.2, 0.25) is 0 Å². The molecule has 0 saturated heterocycles. The lowest BCUT2D eigenvalue weighted by atomic mass is 9.70. The molecular formula is C10H23B. The summed E-state index contributed by atoms with van der Waals surface area (Å²) in [5.74, 6) is 0.853. The number of rotatable bonds is 5. The Balaban J connectivity index is 3.87. The Morgan fingerprint density at radius 3 is 2.18 bits per heavy atom. The van der Waals surface area contributed by atoms with Gasteiger partial charge in [-0.05, 0) is 24.2 Å². The van der Waals surface area contributed by atoms with E-state index in [1.54, 1.807) is 0 Å². The molecule has 0 aliphatic carbocycles. The second-order valence-electron chi connectivity index (χ2n) is 4.51. The van der Waals surface area contributed by atoms with Crippen molar-refractivity contribution in [3.05, 3.63) is 0 Å². The highest BCUT2D eigenvalue weighted by Gasteiger charge is 2.21. The summed E-state index contributed by atoms with van der Waals surface area (Å²) in [7, 11) is 2.32. The Labute approximate surface area is 73.2 Å². The normalized spacial score (nSPS) is 16.8. The Hall–Kier alpha value is 0.0649. The van der Waals surface area contributed by atoms with E-state index in [1.165, 1.54) is 25.6 Å². The van der Waals surface area contributed by atoms with Crippen molar-refractivity contribution >= 4 is 7.85 Å². The Bertz CT molecular complexity index is 99.0. The lowest BCUT2D eigenvalue weighted by molar-refractivity contribution is 0.264. The summed E-state index contributed by atoms with van der Waals surface area (Å²) in [6.07, 6.45) is 5.44. The summed E-state index contributed by atoms with van der Waals surface area (Å²) in [5, 5.41) is 0. The zero-order chi connectivity index (χ0) is 8.91. The van der Waals surface area contributed by atoms with Crippen LogP contribution in [0.4, 0.5) is 0 Å². The molecule has 0 fully saturated rings. The molecule has 0 nitrogen and oxygen atoms in total. The van der Waals surface area contributed by atoms with Crippen molar-refractivity contribution in [2.45, 2.75) is 53.3 Å². The van der Waals surface area contributed by atoms with Gasteiger partial charge >= 0.3 is 0 Å². The van der Waals surface area contributed by atoms with Crippen LogP contribution >= 0.6 is 0 Å². The fraction of sp³-hybridized carbons (Fsp3) is 1.00. The zero-order valence-electron chi connectivity index (χ0n) is 8.91. The first kappa shape index (κ1) is 11.1. The van der Waals surface area contributed by atoms with E-state index >= 15 is 0 Å². The molecule has 0 aromatic heterocycles. The van der Waals surface area contributed by atoms with E-state index < -0.39 is 0 Å². The molecule has 0 unspecified atom stereocenters. The highest BCUT2D eigenvalue weighted by atomic mass is 14.2. The van der Waals surface area contributed by atoms with Gasteiger partial charge in [0.05, 0.1) is 0 Å². The quantitative estimate of drug-likeness (QED) is 0.534. The summed E-state index contributed by atoms with van der Waals surface area (Å²) in [6.45, 7) is 9.36. The van der Waals surface area contributed by atoms with Gasteiger partial charge in [-0.25, -0.2) is 0 Å². The Morgan fingerprint density at radius 2 is 1.91 bits per heavy atom. The van der Waals surface area contributed by atoms with Gasteiger partial charge in [0.25, 0.3) is 0 Å². The van der Waals surface area contributed by atoms with Crippen LogP contribution in [0.5, 0.6) is 0 Å².